The Kier molecular flexibility index (Phi) is 6.32. The van der Waals surface area contributed by atoms with Crippen molar-refractivity contribution in [3.63, 3.8) is 0 Å². The lowest BCUT2D eigenvalue weighted by atomic mass is 10.2. The minimum atomic E-state index is -0.832. The summed E-state index contributed by atoms with van der Waals surface area (Å²) >= 11 is 0. The molecule has 0 aliphatic carbocycles. The molecule has 0 aromatic heterocycles. The molecule has 0 spiro atoms. The van der Waals surface area contributed by atoms with Crippen molar-refractivity contribution in [2.75, 3.05) is 13.1 Å². The van der Waals surface area contributed by atoms with Crippen LogP contribution in [0, 0.1) is 0 Å². The minimum absolute atomic E-state index is 0.0611. The van der Waals surface area contributed by atoms with E-state index in [1.165, 1.54) is 0 Å². The van der Waals surface area contributed by atoms with Crippen molar-refractivity contribution in [2.45, 2.75) is 51.5 Å². The Labute approximate surface area is 113 Å². The average Bonchev–Trinajstić information content (AvgIpc) is 2.70. The number of nitrogens with zero attached hydrogens (tertiary/aromatic N) is 1. The third-order valence-electron chi connectivity index (χ3n) is 3.12. The molecule has 0 saturated carbocycles. The zero-order valence-corrected chi connectivity index (χ0v) is 11.4. The van der Waals surface area contributed by atoms with Crippen LogP contribution in [0.15, 0.2) is 0 Å². The Morgan fingerprint density at radius 2 is 2.05 bits per heavy atom. The maximum Gasteiger partial charge on any atom is 0.303 e. The van der Waals surface area contributed by atoms with E-state index in [9.17, 15) is 14.4 Å². The van der Waals surface area contributed by atoms with Crippen molar-refractivity contribution in [2.24, 2.45) is 0 Å². The largest absolute Gasteiger partial charge is 0.481 e. The molecular formula is C13H22N2O4. The first kappa shape index (κ1) is 15.5. The summed E-state index contributed by atoms with van der Waals surface area (Å²) in [5.74, 6) is -0.756. The number of carbonyl (C=O) groups excluding carboxylic acids is 2. The number of nitrogens with one attached hydrogen (secondary N) is 1. The molecule has 2 N–H and O–H groups in total. The van der Waals surface area contributed by atoms with E-state index < -0.39 is 5.97 Å². The van der Waals surface area contributed by atoms with Gasteiger partial charge in [0, 0.05) is 38.4 Å². The molecule has 1 heterocycles. The van der Waals surface area contributed by atoms with Gasteiger partial charge in [0.25, 0.3) is 0 Å². The molecule has 1 unspecified atom stereocenters. The average molecular weight is 270 g/mol. The quantitative estimate of drug-likeness (QED) is 0.637. The van der Waals surface area contributed by atoms with Crippen LogP contribution >= 0.6 is 0 Å². The Hall–Kier alpha value is -1.59. The number of likely N-dealkylation sites (tertiary alicyclic amines) is 1. The molecular weight excluding hydrogens is 248 g/mol. The zero-order valence-electron chi connectivity index (χ0n) is 11.4. The van der Waals surface area contributed by atoms with E-state index in [0.29, 0.717) is 32.2 Å². The molecule has 108 valence electrons. The number of carboxylic acid groups (broad SMARTS) is 1. The predicted molar refractivity (Wildman–Crippen MR) is 69.5 cm³/mol. The van der Waals surface area contributed by atoms with Crippen LogP contribution in [0.25, 0.3) is 0 Å². The van der Waals surface area contributed by atoms with Crippen molar-refractivity contribution in [3.05, 3.63) is 0 Å². The molecule has 1 fully saturated rings. The summed E-state index contributed by atoms with van der Waals surface area (Å²) in [5.41, 5.74) is 0. The van der Waals surface area contributed by atoms with Gasteiger partial charge in [-0.2, -0.15) is 0 Å². The first-order valence-corrected chi connectivity index (χ1v) is 6.78. The first-order valence-electron chi connectivity index (χ1n) is 6.78. The van der Waals surface area contributed by atoms with Gasteiger partial charge in [-0.25, -0.2) is 0 Å². The van der Waals surface area contributed by atoms with Gasteiger partial charge < -0.3 is 15.3 Å². The van der Waals surface area contributed by atoms with Gasteiger partial charge in [0.15, 0.2) is 0 Å². The Balaban J connectivity index is 2.13. The molecule has 6 nitrogen and oxygen atoms in total. The van der Waals surface area contributed by atoms with E-state index in [2.05, 4.69) is 5.32 Å². The smallest absolute Gasteiger partial charge is 0.303 e. The monoisotopic (exact) mass is 270 g/mol. The van der Waals surface area contributed by atoms with Crippen molar-refractivity contribution in [1.29, 1.82) is 0 Å². The number of aliphatic carboxylic acids is 1. The van der Waals surface area contributed by atoms with Crippen LogP contribution in [0.2, 0.25) is 0 Å². The molecule has 1 saturated heterocycles. The third kappa shape index (κ3) is 6.22. The van der Waals surface area contributed by atoms with Crippen LogP contribution in [-0.4, -0.2) is 46.9 Å². The van der Waals surface area contributed by atoms with Gasteiger partial charge >= 0.3 is 5.97 Å². The van der Waals surface area contributed by atoms with Crippen LogP contribution in [-0.2, 0) is 14.4 Å². The fourth-order valence-electron chi connectivity index (χ4n) is 2.18. The van der Waals surface area contributed by atoms with Crippen LogP contribution in [0.3, 0.4) is 0 Å². The van der Waals surface area contributed by atoms with E-state index in [4.69, 9.17) is 5.11 Å². The summed E-state index contributed by atoms with van der Waals surface area (Å²) in [5, 5.41) is 11.3. The number of hydrogen-bond acceptors (Lipinski definition) is 3. The molecule has 1 aliphatic heterocycles. The van der Waals surface area contributed by atoms with Gasteiger partial charge in [0.2, 0.25) is 11.8 Å². The van der Waals surface area contributed by atoms with Gasteiger partial charge in [-0.1, -0.05) is 0 Å². The van der Waals surface area contributed by atoms with Crippen LogP contribution in [0.5, 0.6) is 0 Å². The fourth-order valence-corrected chi connectivity index (χ4v) is 2.18. The second-order valence-corrected chi connectivity index (χ2v) is 5.01. The van der Waals surface area contributed by atoms with E-state index in [1.807, 2.05) is 6.92 Å². The molecule has 2 amide bonds. The van der Waals surface area contributed by atoms with Gasteiger partial charge in [-0.05, 0) is 26.2 Å². The van der Waals surface area contributed by atoms with Crippen molar-refractivity contribution >= 4 is 17.8 Å². The van der Waals surface area contributed by atoms with Gasteiger partial charge in [0.1, 0.15) is 0 Å². The Bertz CT molecular complexity index is 344. The third-order valence-corrected chi connectivity index (χ3v) is 3.12. The Morgan fingerprint density at radius 1 is 1.37 bits per heavy atom. The highest BCUT2D eigenvalue weighted by Gasteiger charge is 2.22. The second kappa shape index (κ2) is 7.76. The summed E-state index contributed by atoms with van der Waals surface area (Å²) in [4.78, 5) is 35.1. The molecule has 0 bridgehead atoms. The molecule has 19 heavy (non-hydrogen) atoms. The highest BCUT2D eigenvalue weighted by atomic mass is 16.4. The van der Waals surface area contributed by atoms with Crippen molar-refractivity contribution < 1.29 is 19.5 Å². The van der Waals surface area contributed by atoms with E-state index in [0.717, 1.165) is 13.0 Å². The van der Waals surface area contributed by atoms with Crippen LogP contribution < -0.4 is 5.32 Å². The number of carboxylic acids is 1. The predicted octanol–water partition coefficient (Wildman–Crippen LogP) is 0.758. The lowest BCUT2D eigenvalue weighted by Gasteiger charge is -2.21. The standard InChI is InChI=1S/C13H22N2O4/c1-10(9-15-8-4-6-12(15)17)14-11(16)5-2-3-7-13(18)19/h10H,2-9H2,1H3,(H,14,16)(H,18,19). The molecule has 6 heteroatoms. The lowest BCUT2D eigenvalue weighted by molar-refractivity contribution is -0.137. The van der Waals surface area contributed by atoms with Gasteiger partial charge in [-0.3, -0.25) is 14.4 Å². The number of amides is 2. The molecule has 0 radical (unpaired) electrons. The van der Waals surface area contributed by atoms with Gasteiger partial charge in [0.05, 0.1) is 0 Å². The second-order valence-electron chi connectivity index (χ2n) is 5.01. The van der Waals surface area contributed by atoms with Crippen LogP contribution in [0.4, 0.5) is 0 Å². The maximum absolute atomic E-state index is 11.6. The number of unbranched alkanes of at least 4 members (excludes halogenated alkanes) is 1. The first-order chi connectivity index (χ1) is 8.99. The van der Waals surface area contributed by atoms with Crippen molar-refractivity contribution in [3.8, 4) is 0 Å². The zero-order chi connectivity index (χ0) is 14.3. The van der Waals surface area contributed by atoms with Crippen molar-refractivity contribution in [1.82, 2.24) is 10.2 Å². The topological polar surface area (TPSA) is 86.7 Å². The highest BCUT2D eigenvalue weighted by Crippen LogP contribution is 2.09. The molecule has 1 aliphatic rings. The van der Waals surface area contributed by atoms with Gasteiger partial charge in [-0.15, -0.1) is 0 Å². The van der Waals surface area contributed by atoms with E-state index in [1.54, 1.807) is 4.90 Å². The van der Waals surface area contributed by atoms with Crippen LogP contribution in [0.1, 0.15) is 45.4 Å². The molecule has 0 aromatic carbocycles. The maximum atomic E-state index is 11.6. The summed E-state index contributed by atoms with van der Waals surface area (Å²) in [6, 6.07) is -0.0611. The molecule has 1 atom stereocenters. The van der Waals surface area contributed by atoms with E-state index >= 15 is 0 Å². The highest BCUT2D eigenvalue weighted by molar-refractivity contribution is 5.78. The normalized spacial score (nSPS) is 16.5. The fraction of sp³-hybridized carbons (Fsp3) is 0.769. The summed E-state index contributed by atoms with van der Waals surface area (Å²) in [7, 11) is 0. The summed E-state index contributed by atoms with van der Waals surface area (Å²) in [6.45, 7) is 3.21. The Morgan fingerprint density at radius 3 is 2.63 bits per heavy atom. The SMILES string of the molecule is CC(CN1CCCC1=O)NC(=O)CCCCC(=O)O. The summed E-state index contributed by atoms with van der Waals surface area (Å²) < 4.78 is 0. The molecule has 0 aromatic rings. The summed E-state index contributed by atoms with van der Waals surface area (Å²) in [6.07, 6.45) is 3.04. The molecule has 1 rings (SSSR count). The lowest BCUT2D eigenvalue weighted by Crippen LogP contribution is -2.42. The number of rotatable bonds is 8. The minimum Gasteiger partial charge on any atom is -0.481 e. The van der Waals surface area contributed by atoms with E-state index in [-0.39, 0.29) is 24.3 Å². The number of hydrogen-bond donors (Lipinski definition) is 2. The number of carbonyl (C=O) groups is 3.